The summed E-state index contributed by atoms with van der Waals surface area (Å²) in [6.45, 7) is 1.82. The van der Waals surface area contributed by atoms with Crippen LogP contribution in [-0.2, 0) is 9.53 Å². The Morgan fingerprint density at radius 2 is 2.04 bits per heavy atom. The summed E-state index contributed by atoms with van der Waals surface area (Å²) in [5.74, 6) is 3.79. The highest BCUT2D eigenvalue weighted by atomic mass is 16.5. The third kappa shape index (κ3) is 3.81. The van der Waals surface area contributed by atoms with Crippen molar-refractivity contribution in [3.05, 3.63) is 59.8 Å². The Morgan fingerprint density at radius 1 is 1.26 bits per heavy atom. The van der Waals surface area contributed by atoms with Crippen molar-refractivity contribution in [2.24, 2.45) is 5.73 Å². The lowest BCUT2D eigenvalue weighted by atomic mass is 10.2. The number of amides is 1. The SMILES string of the molecule is CCOC(=O)C(O)C#Cc1cccc(-n2nc(C(N)=O)c3ccccc32)c1. The first-order chi connectivity index (χ1) is 13.0. The summed E-state index contributed by atoms with van der Waals surface area (Å²) >= 11 is 0. The van der Waals surface area contributed by atoms with Gasteiger partial charge in [-0.2, -0.15) is 5.10 Å². The van der Waals surface area contributed by atoms with Crippen LogP contribution in [0.25, 0.3) is 16.6 Å². The van der Waals surface area contributed by atoms with E-state index in [0.29, 0.717) is 16.6 Å². The molecule has 0 spiro atoms. The van der Waals surface area contributed by atoms with Crippen molar-refractivity contribution in [2.75, 3.05) is 6.61 Å². The molecule has 7 nitrogen and oxygen atoms in total. The molecule has 0 aliphatic carbocycles. The Balaban J connectivity index is 1.99. The van der Waals surface area contributed by atoms with Crippen LogP contribution >= 0.6 is 0 Å². The molecule has 27 heavy (non-hydrogen) atoms. The van der Waals surface area contributed by atoms with Crippen molar-refractivity contribution >= 4 is 22.8 Å². The fourth-order valence-electron chi connectivity index (χ4n) is 2.59. The number of carbonyl (C=O) groups is 2. The van der Waals surface area contributed by atoms with Crippen molar-refractivity contribution in [1.82, 2.24) is 9.78 Å². The number of carbonyl (C=O) groups excluding carboxylic acids is 2. The van der Waals surface area contributed by atoms with Crippen LogP contribution < -0.4 is 5.73 Å². The Bertz CT molecular complexity index is 1080. The Kier molecular flexibility index (Phi) is 5.20. The molecule has 7 heteroatoms. The monoisotopic (exact) mass is 363 g/mol. The number of benzene rings is 2. The quantitative estimate of drug-likeness (QED) is 0.538. The molecule has 1 unspecified atom stereocenters. The van der Waals surface area contributed by atoms with E-state index in [1.54, 1.807) is 48.0 Å². The Hall–Kier alpha value is -3.63. The standard InChI is InChI=1S/C20H17N3O4/c1-2-27-20(26)17(24)11-10-13-6-5-7-14(12-13)23-16-9-4-3-8-15(16)18(22-23)19(21)25/h3-9,12,17,24H,2H2,1H3,(H2,21,25). The number of aromatic nitrogens is 2. The molecule has 3 aromatic rings. The number of primary amides is 1. The summed E-state index contributed by atoms with van der Waals surface area (Å²) in [6, 6.07) is 14.3. The minimum absolute atomic E-state index is 0.168. The predicted octanol–water partition coefficient (Wildman–Crippen LogP) is 1.40. The molecule has 0 aliphatic rings. The van der Waals surface area contributed by atoms with Gasteiger partial charge in [-0.1, -0.05) is 36.1 Å². The number of hydrogen-bond acceptors (Lipinski definition) is 5. The molecule has 1 aromatic heterocycles. The third-order valence-electron chi connectivity index (χ3n) is 3.77. The van der Waals surface area contributed by atoms with Gasteiger partial charge in [-0.05, 0) is 31.2 Å². The van der Waals surface area contributed by atoms with E-state index in [1.807, 2.05) is 12.1 Å². The van der Waals surface area contributed by atoms with Gasteiger partial charge < -0.3 is 15.6 Å². The number of nitrogens with zero attached hydrogens (tertiary/aromatic N) is 2. The molecule has 136 valence electrons. The van der Waals surface area contributed by atoms with Crippen LogP contribution in [0, 0.1) is 11.8 Å². The van der Waals surface area contributed by atoms with E-state index in [9.17, 15) is 14.7 Å². The average Bonchev–Trinajstić information content (AvgIpc) is 3.06. The minimum Gasteiger partial charge on any atom is -0.463 e. The van der Waals surface area contributed by atoms with E-state index in [2.05, 4.69) is 16.9 Å². The summed E-state index contributed by atoms with van der Waals surface area (Å²) in [4.78, 5) is 23.1. The molecule has 0 fully saturated rings. The molecule has 0 bridgehead atoms. The maximum absolute atomic E-state index is 11.7. The highest BCUT2D eigenvalue weighted by molar-refractivity contribution is 6.04. The number of aliphatic hydroxyl groups excluding tert-OH is 1. The molecule has 0 saturated carbocycles. The number of para-hydroxylation sites is 1. The van der Waals surface area contributed by atoms with Gasteiger partial charge in [-0.15, -0.1) is 0 Å². The van der Waals surface area contributed by atoms with Gasteiger partial charge in [-0.25, -0.2) is 9.48 Å². The molecular weight excluding hydrogens is 346 g/mol. The van der Waals surface area contributed by atoms with E-state index in [-0.39, 0.29) is 12.3 Å². The van der Waals surface area contributed by atoms with Gasteiger partial charge in [0.15, 0.2) is 5.69 Å². The van der Waals surface area contributed by atoms with Crippen molar-refractivity contribution in [2.45, 2.75) is 13.0 Å². The van der Waals surface area contributed by atoms with Crippen LogP contribution in [0.4, 0.5) is 0 Å². The van der Waals surface area contributed by atoms with Gasteiger partial charge in [0, 0.05) is 10.9 Å². The number of hydrogen-bond donors (Lipinski definition) is 2. The van der Waals surface area contributed by atoms with Crippen LogP contribution in [0.5, 0.6) is 0 Å². The van der Waals surface area contributed by atoms with Crippen LogP contribution in [0.15, 0.2) is 48.5 Å². The Morgan fingerprint density at radius 3 is 2.78 bits per heavy atom. The van der Waals surface area contributed by atoms with Gasteiger partial charge in [0.05, 0.1) is 17.8 Å². The van der Waals surface area contributed by atoms with Crippen molar-refractivity contribution < 1.29 is 19.4 Å². The molecule has 1 heterocycles. The molecule has 2 aromatic carbocycles. The first-order valence-corrected chi connectivity index (χ1v) is 8.25. The fraction of sp³-hybridized carbons (Fsp3) is 0.150. The average molecular weight is 363 g/mol. The second-order valence-electron chi connectivity index (χ2n) is 5.62. The first kappa shape index (κ1) is 18.2. The summed E-state index contributed by atoms with van der Waals surface area (Å²) in [5.41, 5.74) is 7.56. The maximum Gasteiger partial charge on any atom is 0.347 e. The summed E-state index contributed by atoms with van der Waals surface area (Å²) in [5, 5.41) is 14.7. The van der Waals surface area contributed by atoms with Gasteiger partial charge in [0.25, 0.3) is 5.91 Å². The van der Waals surface area contributed by atoms with Crippen LogP contribution in [0.1, 0.15) is 23.0 Å². The lowest BCUT2D eigenvalue weighted by molar-refractivity contribution is -0.149. The second-order valence-corrected chi connectivity index (χ2v) is 5.62. The van der Waals surface area contributed by atoms with Crippen molar-refractivity contribution in [1.29, 1.82) is 0 Å². The molecular formula is C20H17N3O4. The highest BCUT2D eigenvalue weighted by Crippen LogP contribution is 2.22. The van der Waals surface area contributed by atoms with Crippen LogP contribution in [0.2, 0.25) is 0 Å². The molecule has 3 N–H and O–H groups in total. The topological polar surface area (TPSA) is 107 Å². The molecule has 1 atom stereocenters. The van der Waals surface area contributed by atoms with Gasteiger partial charge in [-0.3, -0.25) is 4.79 Å². The summed E-state index contributed by atoms with van der Waals surface area (Å²) in [7, 11) is 0. The summed E-state index contributed by atoms with van der Waals surface area (Å²) in [6.07, 6.45) is -1.51. The summed E-state index contributed by atoms with van der Waals surface area (Å²) < 4.78 is 6.31. The van der Waals surface area contributed by atoms with Crippen LogP contribution in [-0.4, -0.2) is 39.5 Å². The predicted molar refractivity (Wildman–Crippen MR) is 99.1 cm³/mol. The van der Waals surface area contributed by atoms with Crippen LogP contribution in [0.3, 0.4) is 0 Å². The molecule has 3 rings (SSSR count). The number of ether oxygens (including phenoxy) is 1. The zero-order chi connectivity index (χ0) is 19.4. The number of fused-ring (bicyclic) bond motifs is 1. The molecule has 1 amide bonds. The zero-order valence-electron chi connectivity index (χ0n) is 14.5. The fourth-order valence-corrected chi connectivity index (χ4v) is 2.59. The smallest absolute Gasteiger partial charge is 0.347 e. The molecule has 0 saturated heterocycles. The van der Waals surface area contributed by atoms with Gasteiger partial charge >= 0.3 is 5.97 Å². The van der Waals surface area contributed by atoms with Crippen molar-refractivity contribution in [3.8, 4) is 17.5 Å². The number of nitrogens with two attached hydrogens (primary N) is 1. The highest BCUT2D eigenvalue weighted by Gasteiger charge is 2.15. The normalized spacial score (nSPS) is 11.5. The maximum atomic E-state index is 11.7. The largest absolute Gasteiger partial charge is 0.463 e. The molecule has 0 radical (unpaired) electrons. The van der Waals surface area contributed by atoms with E-state index in [0.717, 1.165) is 5.52 Å². The lowest BCUT2D eigenvalue weighted by Gasteiger charge is -2.04. The number of aliphatic hydroxyl groups is 1. The van der Waals surface area contributed by atoms with Gasteiger partial charge in [0.2, 0.25) is 6.10 Å². The van der Waals surface area contributed by atoms with E-state index in [4.69, 9.17) is 10.5 Å². The van der Waals surface area contributed by atoms with E-state index in [1.165, 1.54) is 0 Å². The van der Waals surface area contributed by atoms with E-state index < -0.39 is 18.0 Å². The zero-order valence-corrected chi connectivity index (χ0v) is 14.5. The lowest BCUT2D eigenvalue weighted by Crippen LogP contribution is -2.21. The van der Waals surface area contributed by atoms with Crippen molar-refractivity contribution in [3.63, 3.8) is 0 Å². The molecule has 0 aliphatic heterocycles. The van der Waals surface area contributed by atoms with Gasteiger partial charge in [0.1, 0.15) is 0 Å². The third-order valence-corrected chi connectivity index (χ3v) is 3.77. The number of esters is 1. The Labute approximate surface area is 155 Å². The minimum atomic E-state index is -1.51. The second kappa shape index (κ2) is 7.72. The first-order valence-electron chi connectivity index (χ1n) is 8.25. The number of rotatable bonds is 4. The van der Waals surface area contributed by atoms with E-state index >= 15 is 0 Å².